The molecule has 0 bridgehead atoms. The Hall–Kier alpha value is -0.790. The molecule has 0 spiro atoms. The van der Waals surface area contributed by atoms with Gasteiger partial charge in [0.25, 0.3) is 0 Å². The maximum Gasteiger partial charge on any atom is 0.223 e. The Kier molecular flexibility index (Phi) is 3.35. The van der Waals surface area contributed by atoms with Gasteiger partial charge in [0.05, 0.1) is 6.04 Å². The number of likely N-dealkylation sites (tertiary alicyclic amines) is 1. The molecule has 0 aromatic heterocycles. The van der Waals surface area contributed by atoms with Crippen LogP contribution in [0.3, 0.4) is 0 Å². The predicted octanol–water partition coefficient (Wildman–Crippen LogP) is 2.60. The average Bonchev–Trinajstić information content (AvgIpc) is 2.45. The highest BCUT2D eigenvalue weighted by Crippen LogP contribution is 2.26. The first kappa shape index (κ1) is 11.3. The Morgan fingerprint density at radius 3 is 2.57 bits per heavy atom. The molecule has 1 heterocycles. The van der Waals surface area contributed by atoms with Gasteiger partial charge in [0.15, 0.2) is 0 Å². The Labute approximate surface area is 87.0 Å². The number of hydrogen-bond acceptors (Lipinski definition) is 1. The molecular formula is C12H21NO. The van der Waals surface area contributed by atoms with Crippen LogP contribution in [0, 0.1) is 5.41 Å². The Morgan fingerprint density at radius 2 is 2.21 bits per heavy atom. The summed E-state index contributed by atoms with van der Waals surface area (Å²) in [6, 6.07) is 0.227. The van der Waals surface area contributed by atoms with E-state index in [1.807, 2.05) is 11.0 Å². The van der Waals surface area contributed by atoms with E-state index < -0.39 is 0 Å². The second-order valence-electron chi connectivity index (χ2n) is 5.26. The molecule has 1 atom stereocenters. The molecule has 14 heavy (non-hydrogen) atoms. The van der Waals surface area contributed by atoms with Gasteiger partial charge in [-0.05, 0) is 18.3 Å². The van der Waals surface area contributed by atoms with Crippen molar-refractivity contribution in [1.82, 2.24) is 4.90 Å². The van der Waals surface area contributed by atoms with Crippen LogP contribution < -0.4 is 0 Å². The highest BCUT2D eigenvalue weighted by atomic mass is 16.2. The van der Waals surface area contributed by atoms with Gasteiger partial charge in [0, 0.05) is 13.0 Å². The maximum absolute atomic E-state index is 11.5. The van der Waals surface area contributed by atoms with Crippen molar-refractivity contribution in [1.29, 1.82) is 0 Å². The van der Waals surface area contributed by atoms with Crippen LogP contribution in [0.1, 0.15) is 40.0 Å². The fourth-order valence-electron chi connectivity index (χ4n) is 1.97. The van der Waals surface area contributed by atoms with Gasteiger partial charge in [0.1, 0.15) is 0 Å². The van der Waals surface area contributed by atoms with Gasteiger partial charge in [-0.1, -0.05) is 26.8 Å². The third-order valence-electron chi connectivity index (χ3n) is 2.60. The molecule has 2 heteroatoms. The maximum atomic E-state index is 11.5. The molecule has 1 fully saturated rings. The summed E-state index contributed by atoms with van der Waals surface area (Å²) in [6.45, 7) is 11.3. The summed E-state index contributed by atoms with van der Waals surface area (Å²) >= 11 is 0. The van der Waals surface area contributed by atoms with Gasteiger partial charge >= 0.3 is 0 Å². The zero-order valence-electron chi connectivity index (χ0n) is 9.55. The number of carbonyl (C=O) groups is 1. The summed E-state index contributed by atoms with van der Waals surface area (Å²) in [5, 5.41) is 0. The molecule has 0 radical (unpaired) electrons. The van der Waals surface area contributed by atoms with Gasteiger partial charge in [0.2, 0.25) is 5.91 Å². The molecular weight excluding hydrogens is 174 g/mol. The van der Waals surface area contributed by atoms with E-state index in [0.717, 1.165) is 19.4 Å². The second-order valence-corrected chi connectivity index (χ2v) is 5.26. The lowest BCUT2D eigenvalue weighted by Crippen LogP contribution is -2.37. The number of rotatable bonds is 3. The second kappa shape index (κ2) is 4.16. The highest BCUT2D eigenvalue weighted by molar-refractivity contribution is 5.78. The largest absolute Gasteiger partial charge is 0.336 e. The van der Waals surface area contributed by atoms with Crippen molar-refractivity contribution < 1.29 is 4.79 Å². The van der Waals surface area contributed by atoms with Crippen molar-refractivity contribution in [3.8, 4) is 0 Å². The van der Waals surface area contributed by atoms with Gasteiger partial charge in [-0.15, -0.1) is 6.58 Å². The van der Waals surface area contributed by atoms with Crippen LogP contribution in [-0.4, -0.2) is 23.4 Å². The molecule has 0 N–H and O–H groups in total. The van der Waals surface area contributed by atoms with E-state index in [1.54, 1.807) is 0 Å². The highest BCUT2D eigenvalue weighted by Gasteiger charge is 2.28. The minimum atomic E-state index is 0.227. The quantitative estimate of drug-likeness (QED) is 0.634. The summed E-state index contributed by atoms with van der Waals surface area (Å²) in [4.78, 5) is 13.5. The van der Waals surface area contributed by atoms with Crippen molar-refractivity contribution in [3.63, 3.8) is 0 Å². The van der Waals surface area contributed by atoms with Crippen LogP contribution in [0.5, 0.6) is 0 Å². The minimum absolute atomic E-state index is 0.227. The smallest absolute Gasteiger partial charge is 0.223 e. The molecule has 0 aliphatic carbocycles. The van der Waals surface area contributed by atoms with Crippen LogP contribution in [0.25, 0.3) is 0 Å². The molecule has 0 aromatic carbocycles. The Bertz CT molecular complexity index is 227. The van der Waals surface area contributed by atoms with E-state index in [9.17, 15) is 4.79 Å². The lowest BCUT2D eigenvalue weighted by molar-refractivity contribution is -0.129. The Balaban J connectivity index is 2.62. The van der Waals surface area contributed by atoms with E-state index in [0.29, 0.717) is 12.3 Å². The lowest BCUT2D eigenvalue weighted by atomic mass is 9.87. The molecule has 80 valence electrons. The molecule has 1 aliphatic rings. The first-order valence-electron chi connectivity index (χ1n) is 5.36. The lowest BCUT2D eigenvalue weighted by Gasteiger charge is -2.30. The van der Waals surface area contributed by atoms with Crippen LogP contribution in [0.15, 0.2) is 12.7 Å². The molecule has 2 nitrogen and oxygen atoms in total. The molecule has 1 unspecified atom stereocenters. The fraction of sp³-hybridized carbons (Fsp3) is 0.750. The monoisotopic (exact) mass is 195 g/mol. The van der Waals surface area contributed by atoms with Crippen LogP contribution in [-0.2, 0) is 4.79 Å². The third kappa shape index (κ3) is 2.86. The zero-order valence-corrected chi connectivity index (χ0v) is 9.55. The summed E-state index contributed by atoms with van der Waals surface area (Å²) in [5.74, 6) is 0.291. The fourth-order valence-corrected chi connectivity index (χ4v) is 1.97. The minimum Gasteiger partial charge on any atom is -0.336 e. The molecule has 1 saturated heterocycles. The van der Waals surface area contributed by atoms with Crippen molar-refractivity contribution in [2.75, 3.05) is 6.54 Å². The van der Waals surface area contributed by atoms with Gasteiger partial charge < -0.3 is 4.90 Å². The SMILES string of the molecule is C=CC(CC(C)(C)C)N1CCCC1=O. The summed E-state index contributed by atoms with van der Waals surface area (Å²) in [7, 11) is 0. The first-order valence-corrected chi connectivity index (χ1v) is 5.36. The van der Waals surface area contributed by atoms with Gasteiger partial charge in [-0.3, -0.25) is 4.79 Å². The summed E-state index contributed by atoms with van der Waals surface area (Å²) in [6.07, 6.45) is 4.64. The van der Waals surface area contributed by atoms with Crippen molar-refractivity contribution in [2.24, 2.45) is 5.41 Å². The standard InChI is InChI=1S/C12H21NO/c1-5-10(9-12(2,3)4)13-8-6-7-11(13)14/h5,10H,1,6-9H2,2-4H3. The molecule has 1 amide bonds. The third-order valence-corrected chi connectivity index (χ3v) is 2.60. The van der Waals surface area contributed by atoms with Crippen LogP contribution in [0.4, 0.5) is 0 Å². The normalized spacial score (nSPS) is 19.9. The van der Waals surface area contributed by atoms with E-state index in [-0.39, 0.29) is 11.5 Å². The van der Waals surface area contributed by atoms with Crippen molar-refractivity contribution in [3.05, 3.63) is 12.7 Å². The number of amides is 1. The van der Waals surface area contributed by atoms with E-state index in [4.69, 9.17) is 0 Å². The molecule has 0 saturated carbocycles. The molecule has 1 aliphatic heterocycles. The number of nitrogens with zero attached hydrogens (tertiary/aromatic N) is 1. The van der Waals surface area contributed by atoms with Crippen molar-refractivity contribution in [2.45, 2.75) is 46.1 Å². The topological polar surface area (TPSA) is 20.3 Å². The van der Waals surface area contributed by atoms with Gasteiger partial charge in [-0.25, -0.2) is 0 Å². The molecule has 0 aromatic rings. The number of hydrogen-bond donors (Lipinski definition) is 0. The number of carbonyl (C=O) groups excluding carboxylic acids is 1. The summed E-state index contributed by atoms with van der Waals surface area (Å²) in [5.41, 5.74) is 0.252. The van der Waals surface area contributed by atoms with E-state index in [2.05, 4.69) is 27.4 Å². The Morgan fingerprint density at radius 1 is 1.57 bits per heavy atom. The first-order chi connectivity index (χ1) is 6.44. The average molecular weight is 195 g/mol. The van der Waals surface area contributed by atoms with Gasteiger partial charge in [-0.2, -0.15) is 0 Å². The van der Waals surface area contributed by atoms with Crippen LogP contribution in [0.2, 0.25) is 0 Å². The molecule has 1 rings (SSSR count). The zero-order chi connectivity index (χ0) is 10.8. The van der Waals surface area contributed by atoms with E-state index >= 15 is 0 Å². The predicted molar refractivity (Wildman–Crippen MR) is 59.0 cm³/mol. The van der Waals surface area contributed by atoms with Crippen molar-refractivity contribution >= 4 is 5.91 Å². The van der Waals surface area contributed by atoms with E-state index in [1.165, 1.54) is 0 Å². The summed E-state index contributed by atoms with van der Waals surface area (Å²) < 4.78 is 0. The van der Waals surface area contributed by atoms with Crippen LogP contribution >= 0.6 is 0 Å².